The Morgan fingerprint density at radius 1 is 0.533 bits per heavy atom. The van der Waals surface area contributed by atoms with Gasteiger partial charge in [-0.3, -0.25) is 4.57 Å². The summed E-state index contributed by atoms with van der Waals surface area (Å²) in [4.78, 5) is 4.85. The van der Waals surface area contributed by atoms with Gasteiger partial charge in [-0.2, -0.15) is 0 Å². The Kier molecular flexibility index (Phi) is 6.99. The van der Waals surface area contributed by atoms with Crippen LogP contribution in [0.15, 0.2) is 172 Å². The van der Waals surface area contributed by atoms with E-state index >= 15 is 0 Å². The van der Waals surface area contributed by atoms with Gasteiger partial charge in [-0.15, -0.1) is 0 Å². The van der Waals surface area contributed by atoms with Gasteiger partial charge in [0.25, 0.3) is 0 Å². The molecule has 0 bridgehead atoms. The van der Waals surface area contributed by atoms with E-state index < -0.39 is 8.24 Å². The zero-order valence-electron chi connectivity index (χ0n) is 24.2. The van der Waals surface area contributed by atoms with Gasteiger partial charge < -0.3 is 12.9 Å². The van der Waals surface area contributed by atoms with Crippen LogP contribution in [-0.2, 0) is 0 Å². The molecule has 6 heteroatoms. The van der Waals surface area contributed by atoms with Gasteiger partial charge in [-0.05, 0) is 35.4 Å². The second-order valence-corrected chi connectivity index (χ2v) is 11.6. The predicted octanol–water partition coefficient (Wildman–Crippen LogP) is 11.3. The molecule has 0 aliphatic heterocycles. The van der Waals surface area contributed by atoms with E-state index in [4.69, 9.17) is 17.9 Å². The molecule has 216 valence electrons. The number of hydrogen-bond acceptors (Lipinski definition) is 4. The van der Waals surface area contributed by atoms with Crippen LogP contribution in [0.3, 0.4) is 0 Å². The molecule has 2 heterocycles. The van der Waals surface area contributed by atoms with Crippen molar-refractivity contribution in [3.63, 3.8) is 0 Å². The molecule has 8 rings (SSSR count). The first kappa shape index (κ1) is 26.8. The highest BCUT2D eigenvalue weighted by atomic mass is 31.1. The molecular weight excluding hydrogens is 575 g/mol. The summed E-state index contributed by atoms with van der Waals surface area (Å²) in [7, 11) is -1.77. The van der Waals surface area contributed by atoms with E-state index in [0.717, 1.165) is 61.3 Å². The number of fused-ring (bicyclic) bond motifs is 3. The summed E-state index contributed by atoms with van der Waals surface area (Å²) in [6.45, 7) is 0. The largest absolute Gasteiger partial charge is 0.453 e. The molecule has 0 saturated heterocycles. The van der Waals surface area contributed by atoms with Crippen LogP contribution in [0.1, 0.15) is 0 Å². The van der Waals surface area contributed by atoms with Gasteiger partial charge in [0.05, 0.1) is 5.69 Å². The molecule has 0 saturated carbocycles. The number of benzene rings is 6. The molecule has 5 nitrogen and oxygen atoms in total. The van der Waals surface area contributed by atoms with E-state index in [-0.39, 0.29) is 0 Å². The molecule has 0 amide bonds. The second-order valence-electron chi connectivity index (χ2n) is 10.6. The van der Waals surface area contributed by atoms with Gasteiger partial charge >= 0.3 is 8.24 Å². The van der Waals surface area contributed by atoms with Crippen LogP contribution in [0.2, 0.25) is 0 Å². The van der Waals surface area contributed by atoms with Crippen molar-refractivity contribution in [1.29, 1.82) is 0 Å². The SMILES string of the molecule is c1ccc(-c2cccc(-c3ccccc3)c2-n2ccnc2-c2cccc(Op3oc4ccccc4c4ccccc4o3)c2)cc1. The average Bonchev–Trinajstić information content (AvgIpc) is 3.53. The Hall–Kier alpha value is -5.77. The van der Waals surface area contributed by atoms with Crippen LogP contribution in [0, 0.1) is 0 Å². The minimum Gasteiger partial charge on any atom is -0.391 e. The Bertz CT molecular complexity index is 2190. The molecule has 0 atom stereocenters. The van der Waals surface area contributed by atoms with Crippen molar-refractivity contribution < 1.29 is 12.9 Å². The average molecular weight is 603 g/mol. The number of imidazole rings is 1. The maximum Gasteiger partial charge on any atom is 0.453 e. The van der Waals surface area contributed by atoms with E-state index in [9.17, 15) is 0 Å². The predicted molar refractivity (Wildman–Crippen MR) is 182 cm³/mol. The van der Waals surface area contributed by atoms with Crippen LogP contribution in [0.25, 0.3) is 61.3 Å². The molecular formula is C39H27N2O3P. The highest BCUT2D eigenvalue weighted by Crippen LogP contribution is 2.40. The van der Waals surface area contributed by atoms with Crippen LogP contribution in [0.4, 0.5) is 0 Å². The van der Waals surface area contributed by atoms with Crippen LogP contribution in [-0.4, -0.2) is 9.55 Å². The maximum absolute atomic E-state index is 6.40. The van der Waals surface area contributed by atoms with E-state index in [1.807, 2.05) is 97.3 Å². The normalized spacial score (nSPS) is 11.1. The van der Waals surface area contributed by atoms with E-state index in [1.54, 1.807) is 0 Å². The molecule has 0 fully saturated rings. The zero-order valence-corrected chi connectivity index (χ0v) is 25.0. The smallest absolute Gasteiger partial charge is 0.391 e. The third-order valence-electron chi connectivity index (χ3n) is 7.77. The van der Waals surface area contributed by atoms with Crippen LogP contribution in [0.5, 0.6) is 5.75 Å². The molecule has 0 radical (unpaired) electrons. The summed E-state index contributed by atoms with van der Waals surface area (Å²) in [5.41, 5.74) is 7.92. The Labute approximate surface area is 261 Å². The van der Waals surface area contributed by atoms with Crippen molar-refractivity contribution in [2.75, 3.05) is 0 Å². The summed E-state index contributed by atoms with van der Waals surface area (Å²) >= 11 is 0. The van der Waals surface area contributed by atoms with Crippen molar-refractivity contribution >= 4 is 30.2 Å². The molecule has 0 N–H and O–H groups in total. The lowest BCUT2D eigenvalue weighted by atomic mass is 9.95. The Morgan fingerprint density at radius 3 is 1.69 bits per heavy atom. The standard InChI is InChI=1S/C39H27N2O3P/c1-3-13-28(14-4-1)32-21-12-22-33(29-15-5-2-6-16-29)38(32)41-26-25-40-39(41)30-17-11-18-31(27-30)42-45-43-36-23-9-7-19-34(36)35-20-8-10-24-37(35)44-45/h1-27H. The van der Waals surface area contributed by atoms with Crippen molar-refractivity contribution in [3.05, 3.63) is 164 Å². The third-order valence-corrected chi connectivity index (χ3v) is 8.82. The number of hydrogen-bond donors (Lipinski definition) is 0. The lowest BCUT2D eigenvalue weighted by molar-refractivity contribution is 0.498. The number of para-hydroxylation sites is 3. The molecule has 0 unspecified atom stereocenters. The van der Waals surface area contributed by atoms with E-state index in [0.29, 0.717) is 5.75 Å². The first-order valence-corrected chi connectivity index (χ1v) is 15.8. The topological polar surface area (TPSA) is 53.3 Å². The van der Waals surface area contributed by atoms with Gasteiger partial charge in [-0.25, -0.2) is 4.98 Å². The van der Waals surface area contributed by atoms with Gasteiger partial charge in [0.2, 0.25) is 0 Å². The first-order valence-electron chi connectivity index (χ1n) is 14.7. The van der Waals surface area contributed by atoms with Crippen molar-refractivity contribution in [1.82, 2.24) is 9.55 Å². The first-order chi connectivity index (χ1) is 22.3. The highest BCUT2D eigenvalue weighted by Gasteiger charge is 2.18. The van der Waals surface area contributed by atoms with Crippen molar-refractivity contribution in [2.45, 2.75) is 0 Å². The summed E-state index contributed by atoms with van der Waals surface area (Å²) in [6, 6.07) is 51.2. The molecule has 2 aromatic heterocycles. The summed E-state index contributed by atoms with van der Waals surface area (Å²) in [5.74, 6) is 1.43. The summed E-state index contributed by atoms with van der Waals surface area (Å²) in [5, 5.41) is 1.95. The van der Waals surface area contributed by atoms with Gasteiger partial charge in [0.1, 0.15) is 22.7 Å². The summed E-state index contributed by atoms with van der Waals surface area (Å²) in [6.07, 6.45) is 3.86. The minimum atomic E-state index is -1.77. The summed E-state index contributed by atoms with van der Waals surface area (Å²) < 4.78 is 21.2. The number of rotatable bonds is 6. The fourth-order valence-corrected chi connectivity index (χ4v) is 6.77. The minimum absolute atomic E-state index is 0.629. The molecule has 0 aliphatic carbocycles. The van der Waals surface area contributed by atoms with E-state index in [1.165, 1.54) is 0 Å². The lowest BCUT2D eigenvalue weighted by Crippen LogP contribution is -2.02. The van der Waals surface area contributed by atoms with E-state index in [2.05, 4.69) is 71.3 Å². The van der Waals surface area contributed by atoms with Crippen LogP contribution < -0.4 is 4.52 Å². The Morgan fingerprint density at radius 2 is 1.07 bits per heavy atom. The molecule has 0 spiro atoms. The molecule has 0 aliphatic rings. The third kappa shape index (κ3) is 5.20. The fourth-order valence-electron chi connectivity index (χ4n) is 5.73. The second kappa shape index (κ2) is 11.7. The van der Waals surface area contributed by atoms with Gasteiger partial charge in [0.15, 0.2) is 0 Å². The zero-order chi connectivity index (χ0) is 30.0. The number of nitrogens with zero attached hydrogens (tertiary/aromatic N) is 2. The molecule has 6 aromatic carbocycles. The van der Waals surface area contributed by atoms with Gasteiger partial charge in [0, 0.05) is 39.9 Å². The quantitative estimate of drug-likeness (QED) is 0.190. The molecule has 8 aromatic rings. The van der Waals surface area contributed by atoms with Crippen LogP contribution >= 0.6 is 8.24 Å². The fraction of sp³-hybridized carbons (Fsp3) is 0. The lowest BCUT2D eigenvalue weighted by Gasteiger charge is -2.19. The maximum atomic E-state index is 6.40. The van der Waals surface area contributed by atoms with Gasteiger partial charge in [-0.1, -0.05) is 127 Å². The Balaban J connectivity index is 1.25. The van der Waals surface area contributed by atoms with Crippen molar-refractivity contribution in [2.24, 2.45) is 0 Å². The monoisotopic (exact) mass is 602 g/mol. The highest BCUT2D eigenvalue weighted by molar-refractivity contribution is 7.32. The number of aromatic nitrogens is 2. The molecule has 45 heavy (non-hydrogen) atoms. The van der Waals surface area contributed by atoms with Crippen molar-refractivity contribution in [3.8, 4) is 45.1 Å².